The second-order valence-electron chi connectivity index (χ2n) is 1.49. The lowest BCUT2D eigenvalue weighted by Crippen LogP contribution is -2.13. The molecular formula is C4H5N3OS. The van der Waals surface area contributed by atoms with Crippen molar-refractivity contribution in [1.29, 1.82) is 0 Å². The van der Waals surface area contributed by atoms with Gasteiger partial charge in [0.15, 0.2) is 0 Å². The molecule has 0 aromatic carbocycles. The number of nitrogens with two attached hydrogens (primary N) is 1. The minimum absolute atomic E-state index is 0.290. The van der Waals surface area contributed by atoms with E-state index in [2.05, 4.69) is 17.8 Å². The monoisotopic (exact) mass is 143 g/mol. The molecular weight excluding hydrogens is 138 g/mol. The Labute approximate surface area is 57.2 Å². The minimum atomic E-state index is -0.525. The topological polar surface area (TPSA) is 60.9 Å². The van der Waals surface area contributed by atoms with Gasteiger partial charge in [-0.3, -0.25) is 8.77 Å². The highest BCUT2D eigenvalue weighted by atomic mass is 32.1. The van der Waals surface area contributed by atoms with E-state index in [4.69, 9.17) is 5.73 Å². The maximum atomic E-state index is 10.4. The first-order chi connectivity index (χ1) is 4.22. The Balaban J connectivity index is 3.08. The van der Waals surface area contributed by atoms with Crippen LogP contribution < -0.4 is 5.73 Å². The van der Waals surface area contributed by atoms with E-state index in [1.165, 1.54) is 16.5 Å². The number of thiol groups is 1. The van der Waals surface area contributed by atoms with Gasteiger partial charge in [0, 0.05) is 0 Å². The molecule has 1 heterocycles. The number of imidazole rings is 1. The van der Waals surface area contributed by atoms with Crippen molar-refractivity contribution in [3.05, 3.63) is 18.2 Å². The normalized spacial score (nSPS) is 9.44. The van der Waals surface area contributed by atoms with Crippen LogP contribution in [0.2, 0.25) is 0 Å². The first kappa shape index (κ1) is 6.15. The van der Waals surface area contributed by atoms with E-state index in [0.29, 0.717) is 5.69 Å². The third-order valence-electron chi connectivity index (χ3n) is 0.872. The highest BCUT2D eigenvalue weighted by Gasteiger charge is 2.02. The van der Waals surface area contributed by atoms with Crippen LogP contribution in [0.5, 0.6) is 0 Å². The van der Waals surface area contributed by atoms with Crippen LogP contribution in [0.4, 0.5) is 0 Å². The highest BCUT2D eigenvalue weighted by molar-refractivity contribution is 7.78. The van der Waals surface area contributed by atoms with Crippen molar-refractivity contribution in [3.8, 4) is 0 Å². The van der Waals surface area contributed by atoms with Crippen molar-refractivity contribution in [2.75, 3.05) is 0 Å². The lowest BCUT2D eigenvalue weighted by Gasteiger charge is -1.90. The molecule has 0 aliphatic heterocycles. The molecule has 0 saturated carbocycles. The molecule has 9 heavy (non-hydrogen) atoms. The summed E-state index contributed by atoms with van der Waals surface area (Å²) >= 11 is 3.84. The van der Waals surface area contributed by atoms with Crippen LogP contribution in [0, 0.1) is 0 Å². The molecule has 48 valence electrons. The van der Waals surface area contributed by atoms with Crippen molar-refractivity contribution in [2.24, 2.45) is 5.73 Å². The first-order valence-corrected chi connectivity index (χ1v) is 2.63. The number of carbonyl (C=O) groups excluding carboxylic acids is 1. The zero-order chi connectivity index (χ0) is 6.85. The summed E-state index contributed by atoms with van der Waals surface area (Å²) in [5, 5.41) is 0. The molecule has 0 aliphatic carbocycles. The summed E-state index contributed by atoms with van der Waals surface area (Å²) in [6, 6.07) is 0. The third-order valence-corrected chi connectivity index (χ3v) is 1.19. The Morgan fingerprint density at radius 3 is 2.78 bits per heavy atom. The molecule has 0 bridgehead atoms. The van der Waals surface area contributed by atoms with Crippen LogP contribution in [0.3, 0.4) is 0 Å². The van der Waals surface area contributed by atoms with Crippen molar-refractivity contribution in [3.63, 3.8) is 0 Å². The van der Waals surface area contributed by atoms with Crippen LogP contribution in [0.25, 0.3) is 0 Å². The van der Waals surface area contributed by atoms with Crippen molar-refractivity contribution >= 4 is 18.7 Å². The summed E-state index contributed by atoms with van der Waals surface area (Å²) in [4.78, 5) is 14.0. The maximum Gasteiger partial charge on any atom is 0.267 e. The van der Waals surface area contributed by atoms with E-state index in [9.17, 15) is 4.79 Å². The molecule has 0 fully saturated rings. The Morgan fingerprint density at radius 2 is 2.56 bits per heavy atom. The number of amides is 1. The molecule has 1 rings (SSSR count). The zero-order valence-electron chi connectivity index (χ0n) is 4.48. The molecule has 1 aromatic rings. The van der Waals surface area contributed by atoms with Crippen molar-refractivity contribution in [2.45, 2.75) is 0 Å². The molecule has 5 heteroatoms. The molecule has 0 aliphatic rings. The van der Waals surface area contributed by atoms with Gasteiger partial charge in [0.05, 0.1) is 6.20 Å². The van der Waals surface area contributed by atoms with Gasteiger partial charge in [-0.1, -0.05) is 12.8 Å². The van der Waals surface area contributed by atoms with Crippen molar-refractivity contribution < 1.29 is 4.79 Å². The fourth-order valence-electron chi connectivity index (χ4n) is 0.465. The van der Waals surface area contributed by atoms with Crippen LogP contribution >= 0.6 is 12.8 Å². The fraction of sp³-hybridized carbons (Fsp3) is 0. The number of carbonyl (C=O) groups is 1. The molecule has 1 aromatic heterocycles. The quantitative estimate of drug-likeness (QED) is 0.529. The number of aromatic nitrogens is 2. The SMILES string of the molecule is NC(=O)c1cncn1S. The Hall–Kier alpha value is -0.970. The van der Waals surface area contributed by atoms with Gasteiger partial charge in [-0.05, 0) is 0 Å². The summed E-state index contributed by atoms with van der Waals surface area (Å²) < 4.78 is 1.27. The number of nitrogens with zero attached hydrogens (tertiary/aromatic N) is 2. The summed E-state index contributed by atoms with van der Waals surface area (Å²) in [5.74, 6) is -0.525. The van der Waals surface area contributed by atoms with E-state index in [-0.39, 0.29) is 0 Å². The van der Waals surface area contributed by atoms with Gasteiger partial charge < -0.3 is 5.73 Å². The zero-order valence-corrected chi connectivity index (χ0v) is 5.38. The third kappa shape index (κ3) is 1.05. The largest absolute Gasteiger partial charge is 0.364 e. The molecule has 0 saturated heterocycles. The highest BCUT2D eigenvalue weighted by Crippen LogP contribution is 1.97. The van der Waals surface area contributed by atoms with Gasteiger partial charge in [0.2, 0.25) is 0 Å². The minimum Gasteiger partial charge on any atom is -0.364 e. The number of hydrogen-bond acceptors (Lipinski definition) is 3. The predicted molar refractivity (Wildman–Crippen MR) is 35.1 cm³/mol. The average molecular weight is 143 g/mol. The van der Waals surface area contributed by atoms with Crippen LogP contribution in [0.15, 0.2) is 12.5 Å². The Kier molecular flexibility index (Phi) is 1.44. The van der Waals surface area contributed by atoms with E-state index in [1.807, 2.05) is 0 Å². The Morgan fingerprint density at radius 1 is 1.89 bits per heavy atom. The number of hydrogen-bond donors (Lipinski definition) is 2. The fourth-order valence-corrected chi connectivity index (χ4v) is 0.675. The molecule has 0 spiro atoms. The molecule has 0 atom stereocenters. The van der Waals surface area contributed by atoms with Gasteiger partial charge in [0.1, 0.15) is 12.0 Å². The van der Waals surface area contributed by atoms with E-state index < -0.39 is 5.91 Å². The molecule has 2 N–H and O–H groups in total. The Bertz CT molecular complexity index is 231. The lowest BCUT2D eigenvalue weighted by atomic mass is 10.5. The summed E-state index contributed by atoms with van der Waals surface area (Å²) in [6.07, 6.45) is 2.75. The summed E-state index contributed by atoms with van der Waals surface area (Å²) in [7, 11) is 0. The maximum absolute atomic E-state index is 10.4. The standard InChI is InChI=1S/C4H5N3OS/c5-4(8)3-1-6-2-7(3)9/h1-2,9H,(H2,5,8). The molecule has 0 radical (unpaired) electrons. The average Bonchev–Trinajstić information content (AvgIpc) is 2.13. The van der Waals surface area contributed by atoms with Crippen LogP contribution in [0.1, 0.15) is 10.5 Å². The van der Waals surface area contributed by atoms with Gasteiger partial charge >= 0.3 is 0 Å². The molecule has 1 amide bonds. The van der Waals surface area contributed by atoms with E-state index >= 15 is 0 Å². The van der Waals surface area contributed by atoms with E-state index in [1.54, 1.807) is 0 Å². The number of rotatable bonds is 1. The van der Waals surface area contributed by atoms with Gasteiger partial charge in [-0.15, -0.1) is 0 Å². The van der Waals surface area contributed by atoms with Crippen LogP contribution in [-0.4, -0.2) is 14.9 Å². The second kappa shape index (κ2) is 2.10. The lowest BCUT2D eigenvalue weighted by molar-refractivity contribution is 0.0995. The van der Waals surface area contributed by atoms with Crippen LogP contribution in [-0.2, 0) is 0 Å². The number of primary amides is 1. The van der Waals surface area contributed by atoms with Crippen molar-refractivity contribution in [1.82, 2.24) is 8.96 Å². The molecule has 0 unspecified atom stereocenters. The van der Waals surface area contributed by atoms with Gasteiger partial charge in [-0.2, -0.15) is 0 Å². The second-order valence-corrected chi connectivity index (χ2v) is 1.92. The van der Waals surface area contributed by atoms with Gasteiger partial charge in [0.25, 0.3) is 5.91 Å². The predicted octanol–water partition coefficient (Wildman–Crippen LogP) is -0.325. The summed E-state index contributed by atoms with van der Waals surface area (Å²) in [6.45, 7) is 0. The smallest absolute Gasteiger partial charge is 0.267 e. The molecule has 4 nitrogen and oxygen atoms in total. The van der Waals surface area contributed by atoms with Gasteiger partial charge in [-0.25, -0.2) is 4.98 Å². The van der Waals surface area contributed by atoms with E-state index in [0.717, 1.165) is 0 Å². The summed E-state index contributed by atoms with van der Waals surface area (Å²) in [5.41, 5.74) is 5.20. The first-order valence-electron chi connectivity index (χ1n) is 2.23.